The Balaban J connectivity index is 1.69. The van der Waals surface area contributed by atoms with Crippen LogP contribution in [0.2, 0.25) is 0 Å². The molecule has 1 aliphatic rings. The van der Waals surface area contributed by atoms with Gasteiger partial charge in [0.05, 0.1) is 24.4 Å². The van der Waals surface area contributed by atoms with E-state index in [-0.39, 0.29) is 5.78 Å². The highest BCUT2D eigenvalue weighted by atomic mass is 16.5. The van der Waals surface area contributed by atoms with Gasteiger partial charge in [-0.25, -0.2) is 4.98 Å². The van der Waals surface area contributed by atoms with E-state index in [4.69, 9.17) is 9.72 Å². The Morgan fingerprint density at radius 3 is 2.56 bits per heavy atom. The molecular weight excluding hydrogens is 336 g/mol. The Labute approximate surface area is 159 Å². The highest BCUT2D eigenvalue weighted by molar-refractivity contribution is 5.85. The van der Waals surface area contributed by atoms with Crippen LogP contribution in [0.1, 0.15) is 18.1 Å². The van der Waals surface area contributed by atoms with Gasteiger partial charge in [-0.3, -0.25) is 9.69 Å². The molecule has 0 spiro atoms. The van der Waals surface area contributed by atoms with Crippen LogP contribution in [0.5, 0.6) is 0 Å². The SMILES string of the molecule is CC(=O)Cc1ccc(-c2cc(CN3CCOCC3)c3ccccc3n2)cc1. The van der Waals surface area contributed by atoms with Crippen LogP contribution in [0.15, 0.2) is 54.6 Å². The van der Waals surface area contributed by atoms with Gasteiger partial charge in [0, 0.05) is 37.0 Å². The Kier molecular flexibility index (Phi) is 5.28. The summed E-state index contributed by atoms with van der Waals surface area (Å²) in [6.07, 6.45) is 0.480. The number of pyridine rings is 1. The fourth-order valence-electron chi connectivity index (χ4n) is 3.61. The molecule has 0 atom stereocenters. The number of nitrogens with zero attached hydrogens (tertiary/aromatic N) is 2. The molecule has 0 N–H and O–H groups in total. The fraction of sp³-hybridized carbons (Fsp3) is 0.304. The molecular formula is C23H24N2O2. The molecule has 27 heavy (non-hydrogen) atoms. The summed E-state index contributed by atoms with van der Waals surface area (Å²) in [4.78, 5) is 18.6. The van der Waals surface area contributed by atoms with Gasteiger partial charge in [-0.05, 0) is 30.2 Å². The van der Waals surface area contributed by atoms with Crippen molar-refractivity contribution in [1.82, 2.24) is 9.88 Å². The first-order valence-corrected chi connectivity index (χ1v) is 9.46. The van der Waals surface area contributed by atoms with Gasteiger partial charge in [0.2, 0.25) is 0 Å². The summed E-state index contributed by atoms with van der Waals surface area (Å²) in [5.41, 5.74) is 5.42. The van der Waals surface area contributed by atoms with Gasteiger partial charge in [-0.15, -0.1) is 0 Å². The molecule has 0 unspecified atom stereocenters. The molecule has 1 aromatic heterocycles. The number of rotatable bonds is 5. The lowest BCUT2D eigenvalue weighted by Gasteiger charge is -2.27. The van der Waals surface area contributed by atoms with E-state index in [0.717, 1.165) is 55.2 Å². The Morgan fingerprint density at radius 2 is 1.81 bits per heavy atom. The molecule has 0 radical (unpaired) electrons. The summed E-state index contributed by atoms with van der Waals surface area (Å²) in [7, 11) is 0. The summed E-state index contributed by atoms with van der Waals surface area (Å²) in [5.74, 6) is 0.180. The summed E-state index contributed by atoms with van der Waals surface area (Å²) in [6.45, 7) is 6.05. The lowest BCUT2D eigenvalue weighted by Crippen LogP contribution is -2.35. The number of fused-ring (bicyclic) bond motifs is 1. The van der Waals surface area contributed by atoms with Crippen LogP contribution in [-0.4, -0.2) is 42.0 Å². The van der Waals surface area contributed by atoms with Crippen molar-refractivity contribution in [2.45, 2.75) is 19.9 Å². The molecule has 4 nitrogen and oxygen atoms in total. The zero-order valence-corrected chi connectivity index (χ0v) is 15.6. The quantitative estimate of drug-likeness (QED) is 0.693. The molecule has 4 heteroatoms. The molecule has 0 amide bonds. The van der Waals surface area contributed by atoms with Crippen LogP contribution in [0, 0.1) is 0 Å². The zero-order chi connectivity index (χ0) is 18.6. The van der Waals surface area contributed by atoms with Gasteiger partial charge in [0.1, 0.15) is 5.78 Å². The molecule has 2 heterocycles. The topological polar surface area (TPSA) is 42.4 Å². The third kappa shape index (κ3) is 4.24. The first kappa shape index (κ1) is 17.8. The van der Waals surface area contributed by atoms with Gasteiger partial charge < -0.3 is 4.74 Å². The first-order chi connectivity index (χ1) is 13.2. The van der Waals surface area contributed by atoms with Crippen LogP contribution in [0.25, 0.3) is 22.2 Å². The van der Waals surface area contributed by atoms with Crippen molar-refractivity contribution in [3.63, 3.8) is 0 Å². The second-order valence-corrected chi connectivity index (χ2v) is 7.15. The third-order valence-electron chi connectivity index (χ3n) is 5.00. The van der Waals surface area contributed by atoms with Crippen LogP contribution in [-0.2, 0) is 22.5 Å². The van der Waals surface area contributed by atoms with E-state index in [1.165, 1.54) is 10.9 Å². The Morgan fingerprint density at radius 1 is 1.07 bits per heavy atom. The van der Waals surface area contributed by atoms with Gasteiger partial charge in [-0.1, -0.05) is 42.5 Å². The van der Waals surface area contributed by atoms with Crippen LogP contribution in [0.3, 0.4) is 0 Å². The van der Waals surface area contributed by atoms with Crippen molar-refractivity contribution < 1.29 is 9.53 Å². The van der Waals surface area contributed by atoms with E-state index in [2.05, 4.69) is 41.3 Å². The van der Waals surface area contributed by atoms with E-state index in [0.29, 0.717) is 6.42 Å². The van der Waals surface area contributed by atoms with Crippen molar-refractivity contribution in [3.05, 3.63) is 65.7 Å². The van der Waals surface area contributed by atoms with Gasteiger partial charge in [-0.2, -0.15) is 0 Å². The number of hydrogen-bond acceptors (Lipinski definition) is 4. The van der Waals surface area contributed by atoms with Crippen LogP contribution in [0.4, 0.5) is 0 Å². The standard InChI is InChI=1S/C23H24N2O2/c1-17(26)14-18-6-8-19(9-7-18)23-15-20(16-25-10-12-27-13-11-25)21-4-2-3-5-22(21)24-23/h2-9,15H,10-14,16H2,1H3. The smallest absolute Gasteiger partial charge is 0.134 e. The second kappa shape index (κ2) is 7.99. The number of ether oxygens (including phenoxy) is 1. The number of aromatic nitrogens is 1. The van der Waals surface area contributed by atoms with E-state index < -0.39 is 0 Å². The average Bonchev–Trinajstić information content (AvgIpc) is 2.69. The molecule has 1 saturated heterocycles. The fourth-order valence-corrected chi connectivity index (χ4v) is 3.61. The van der Waals surface area contributed by atoms with Gasteiger partial charge >= 0.3 is 0 Å². The van der Waals surface area contributed by atoms with E-state index >= 15 is 0 Å². The largest absolute Gasteiger partial charge is 0.379 e. The Hall–Kier alpha value is -2.56. The zero-order valence-electron chi connectivity index (χ0n) is 15.6. The minimum Gasteiger partial charge on any atom is -0.379 e. The minimum absolute atomic E-state index is 0.180. The van der Waals surface area contributed by atoms with Crippen molar-refractivity contribution in [2.24, 2.45) is 0 Å². The predicted octanol–water partition coefficient (Wildman–Crippen LogP) is 3.87. The molecule has 2 aromatic carbocycles. The maximum Gasteiger partial charge on any atom is 0.134 e. The summed E-state index contributed by atoms with van der Waals surface area (Å²) in [5, 5.41) is 1.21. The van der Waals surface area contributed by atoms with E-state index in [1.54, 1.807) is 6.92 Å². The summed E-state index contributed by atoms with van der Waals surface area (Å²) in [6, 6.07) is 18.7. The minimum atomic E-state index is 0.180. The number of carbonyl (C=O) groups excluding carboxylic acids is 1. The van der Waals surface area contributed by atoms with Crippen LogP contribution < -0.4 is 0 Å². The molecule has 0 saturated carbocycles. The van der Waals surface area contributed by atoms with E-state index in [1.807, 2.05) is 18.2 Å². The van der Waals surface area contributed by atoms with Crippen molar-refractivity contribution in [1.29, 1.82) is 0 Å². The lowest BCUT2D eigenvalue weighted by atomic mass is 10.0. The highest BCUT2D eigenvalue weighted by Gasteiger charge is 2.14. The average molecular weight is 360 g/mol. The number of benzene rings is 2. The number of Topliss-reactive ketones (excluding diaryl/α,β-unsaturated/α-hetero) is 1. The summed E-state index contributed by atoms with van der Waals surface area (Å²) < 4.78 is 5.48. The molecule has 138 valence electrons. The number of hydrogen-bond donors (Lipinski definition) is 0. The number of para-hydroxylation sites is 1. The Bertz CT molecular complexity index is 944. The van der Waals surface area contributed by atoms with E-state index in [9.17, 15) is 4.79 Å². The number of morpholine rings is 1. The van der Waals surface area contributed by atoms with Gasteiger partial charge in [0.25, 0.3) is 0 Å². The summed E-state index contributed by atoms with van der Waals surface area (Å²) >= 11 is 0. The maximum atomic E-state index is 11.3. The first-order valence-electron chi connectivity index (χ1n) is 9.46. The van der Waals surface area contributed by atoms with Crippen molar-refractivity contribution >= 4 is 16.7 Å². The van der Waals surface area contributed by atoms with Crippen molar-refractivity contribution in [2.75, 3.05) is 26.3 Å². The molecule has 3 aromatic rings. The number of carbonyl (C=O) groups is 1. The molecule has 1 aliphatic heterocycles. The molecule has 0 bridgehead atoms. The lowest BCUT2D eigenvalue weighted by molar-refractivity contribution is -0.116. The maximum absolute atomic E-state index is 11.3. The van der Waals surface area contributed by atoms with Crippen LogP contribution >= 0.6 is 0 Å². The molecule has 4 rings (SSSR count). The highest BCUT2D eigenvalue weighted by Crippen LogP contribution is 2.26. The predicted molar refractivity (Wildman–Crippen MR) is 108 cm³/mol. The normalized spacial score (nSPS) is 15.1. The monoisotopic (exact) mass is 360 g/mol. The van der Waals surface area contributed by atoms with Crippen molar-refractivity contribution in [3.8, 4) is 11.3 Å². The second-order valence-electron chi connectivity index (χ2n) is 7.15. The molecule has 0 aliphatic carbocycles. The molecule has 1 fully saturated rings. The van der Waals surface area contributed by atoms with Gasteiger partial charge in [0.15, 0.2) is 0 Å². The third-order valence-corrected chi connectivity index (χ3v) is 5.00. The number of ketones is 1.